The molecule has 220 valence electrons. The van der Waals surface area contributed by atoms with Crippen molar-refractivity contribution in [1.29, 1.82) is 0 Å². The highest BCUT2D eigenvalue weighted by Gasteiger charge is 2.43. The van der Waals surface area contributed by atoms with Crippen LogP contribution in [0.4, 0.5) is 11.4 Å². The second-order valence-electron chi connectivity index (χ2n) is 9.94. The van der Waals surface area contributed by atoms with Crippen molar-refractivity contribution in [2.45, 2.75) is 37.6 Å². The Morgan fingerprint density at radius 3 is 2.70 bits per heavy atom. The number of thioether (sulfide) groups is 1. The van der Waals surface area contributed by atoms with E-state index in [1.165, 1.54) is 11.8 Å². The summed E-state index contributed by atoms with van der Waals surface area (Å²) in [5, 5.41) is 5.71. The molecule has 43 heavy (non-hydrogen) atoms. The molecular formula is C31H29N5O6S. The molecule has 2 N–H and O–H groups in total. The zero-order valence-corrected chi connectivity index (χ0v) is 24.3. The second-order valence-corrected chi connectivity index (χ2v) is 11.1. The number of carbonyl (C=O) groups is 3. The summed E-state index contributed by atoms with van der Waals surface area (Å²) in [6.45, 7) is 2.29. The number of methoxy groups -OCH3 is 1. The minimum absolute atomic E-state index is 0.136. The van der Waals surface area contributed by atoms with Gasteiger partial charge < -0.3 is 24.8 Å². The van der Waals surface area contributed by atoms with Crippen LogP contribution in [0.25, 0.3) is 0 Å². The van der Waals surface area contributed by atoms with Crippen molar-refractivity contribution >= 4 is 51.9 Å². The van der Waals surface area contributed by atoms with Gasteiger partial charge in [0, 0.05) is 29.4 Å². The number of benzene rings is 3. The molecule has 0 saturated carbocycles. The number of para-hydroxylation sites is 2. The molecule has 0 aromatic heterocycles. The van der Waals surface area contributed by atoms with Gasteiger partial charge in [0.15, 0.2) is 16.7 Å². The molecule has 0 radical (unpaired) electrons. The quantitative estimate of drug-likeness (QED) is 0.374. The lowest BCUT2D eigenvalue weighted by atomic mass is 10.1. The first-order valence-electron chi connectivity index (χ1n) is 13.8. The molecule has 6 rings (SSSR count). The van der Waals surface area contributed by atoms with Crippen LogP contribution in [0, 0.1) is 0 Å². The Morgan fingerprint density at radius 1 is 1.07 bits per heavy atom. The van der Waals surface area contributed by atoms with Gasteiger partial charge >= 0.3 is 0 Å². The Morgan fingerprint density at radius 2 is 1.86 bits per heavy atom. The highest BCUT2D eigenvalue weighted by atomic mass is 32.2. The fourth-order valence-electron chi connectivity index (χ4n) is 5.02. The van der Waals surface area contributed by atoms with E-state index in [9.17, 15) is 14.4 Å². The molecule has 3 aromatic rings. The molecule has 0 fully saturated rings. The van der Waals surface area contributed by atoms with Crippen molar-refractivity contribution in [3.8, 4) is 17.2 Å². The number of hydrogen-bond donors (Lipinski definition) is 2. The lowest BCUT2D eigenvalue weighted by molar-refractivity contribution is -0.126. The van der Waals surface area contributed by atoms with Gasteiger partial charge in [-0.1, -0.05) is 49.0 Å². The van der Waals surface area contributed by atoms with Gasteiger partial charge in [-0.05, 0) is 36.8 Å². The number of amidine groups is 2. The number of amides is 3. The van der Waals surface area contributed by atoms with Gasteiger partial charge in [-0.25, -0.2) is 4.99 Å². The molecule has 3 heterocycles. The van der Waals surface area contributed by atoms with E-state index >= 15 is 0 Å². The highest BCUT2D eigenvalue weighted by molar-refractivity contribution is 8.15. The Hall–Kier alpha value is -4.84. The summed E-state index contributed by atoms with van der Waals surface area (Å²) >= 11 is 1.23. The summed E-state index contributed by atoms with van der Waals surface area (Å²) < 4.78 is 16.2. The largest absolute Gasteiger partial charge is 0.496 e. The Labute approximate surface area is 252 Å². The number of nitrogens with zero attached hydrogens (tertiary/aromatic N) is 3. The van der Waals surface area contributed by atoms with Crippen LogP contribution in [0.2, 0.25) is 0 Å². The smallest absolute Gasteiger partial charge is 0.271 e. The maximum Gasteiger partial charge on any atom is 0.271 e. The molecule has 3 amide bonds. The molecule has 3 aromatic carbocycles. The first-order valence-corrected chi connectivity index (χ1v) is 14.7. The molecule has 0 saturated heterocycles. The van der Waals surface area contributed by atoms with Crippen molar-refractivity contribution in [1.82, 2.24) is 10.2 Å². The minimum Gasteiger partial charge on any atom is -0.496 e. The van der Waals surface area contributed by atoms with Crippen LogP contribution in [0.3, 0.4) is 0 Å². The number of ether oxygens (including phenoxy) is 3. The van der Waals surface area contributed by atoms with E-state index in [2.05, 4.69) is 15.6 Å². The summed E-state index contributed by atoms with van der Waals surface area (Å²) in [4.78, 5) is 50.6. The molecule has 0 spiro atoms. The van der Waals surface area contributed by atoms with Crippen molar-refractivity contribution in [2.75, 3.05) is 19.2 Å². The maximum absolute atomic E-state index is 13.4. The summed E-state index contributed by atoms with van der Waals surface area (Å²) in [5.74, 6) is 1.28. The van der Waals surface area contributed by atoms with Crippen molar-refractivity contribution < 1.29 is 28.6 Å². The second kappa shape index (κ2) is 12.2. The van der Waals surface area contributed by atoms with Crippen molar-refractivity contribution in [2.24, 2.45) is 9.98 Å². The zero-order valence-electron chi connectivity index (χ0n) is 23.5. The average Bonchev–Trinajstić information content (AvgIpc) is 3.62. The van der Waals surface area contributed by atoms with E-state index in [1.54, 1.807) is 30.2 Å². The van der Waals surface area contributed by atoms with Crippen LogP contribution < -0.4 is 24.8 Å². The Kier molecular flexibility index (Phi) is 8.01. The van der Waals surface area contributed by atoms with Gasteiger partial charge in [0.05, 0.1) is 24.5 Å². The number of aliphatic imine (C=N–C) groups is 2. The van der Waals surface area contributed by atoms with Gasteiger partial charge in [0.2, 0.25) is 18.6 Å². The number of nitrogens with one attached hydrogen (secondary N) is 2. The monoisotopic (exact) mass is 599 g/mol. The lowest BCUT2D eigenvalue weighted by Crippen LogP contribution is -2.46. The van der Waals surface area contributed by atoms with E-state index in [1.807, 2.05) is 55.5 Å². The highest BCUT2D eigenvalue weighted by Crippen LogP contribution is 2.38. The van der Waals surface area contributed by atoms with E-state index < -0.39 is 17.2 Å². The third kappa shape index (κ3) is 5.78. The fourth-order valence-corrected chi connectivity index (χ4v) is 6.09. The predicted molar refractivity (Wildman–Crippen MR) is 163 cm³/mol. The first kappa shape index (κ1) is 28.3. The molecule has 2 atom stereocenters. The first-order chi connectivity index (χ1) is 20.9. The van der Waals surface area contributed by atoms with Crippen LogP contribution >= 0.6 is 11.8 Å². The SMILES string of the molecule is CCC(SC1=Nc2ccccc2C2=NC(=O)C(CC(=O)NCc3ccccc3OC)N12)C(=O)Nc1ccc2c(c1)OCO2. The van der Waals surface area contributed by atoms with Crippen LogP contribution in [-0.4, -0.2) is 58.8 Å². The van der Waals surface area contributed by atoms with Gasteiger partial charge in [0.25, 0.3) is 5.91 Å². The van der Waals surface area contributed by atoms with Crippen LogP contribution in [0.5, 0.6) is 17.2 Å². The summed E-state index contributed by atoms with van der Waals surface area (Å²) in [6, 6.07) is 19.1. The third-order valence-corrected chi connectivity index (χ3v) is 8.54. The number of hydrogen-bond acceptors (Lipinski definition) is 9. The lowest BCUT2D eigenvalue weighted by Gasteiger charge is -2.32. The molecule has 3 aliphatic rings. The minimum atomic E-state index is -0.901. The zero-order chi connectivity index (χ0) is 29.9. The Balaban J connectivity index is 1.21. The van der Waals surface area contributed by atoms with Gasteiger partial charge in [0.1, 0.15) is 17.6 Å². The number of rotatable bonds is 9. The molecule has 2 unspecified atom stereocenters. The van der Waals surface area contributed by atoms with Crippen molar-refractivity contribution in [3.05, 3.63) is 77.9 Å². The summed E-state index contributed by atoms with van der Waals surface area (Å²) in [6.07, 6.45) is 0.350. The third-order valence-electron chi connectivity index (χ3n) is 7.21. The van der Waals surface area contributed by atoms with E-state index in [-0.39, 0.29) is 31.6 Å². The predicted octanol–water partition coefficient (Wildman–Crippen LogP) is 4.24. The normalized spacial score (nSPS) is 16.9. The molecule has 12 heteroatoms. The van der Waals surface area contributed by atoms with Gasteiger partial charge in [-0.3, -0.25) is 19.3 Å². The molecular weight excluding hydrogens is 570 g/mol. The standard InChI is InChI=1S/C31H29N5O6S/c1-3-26(30(39)33-19-12-13-24-25(14-19)42-17-41-24)43-31-34-21-10-6-5-9-20(21)28-35-29(38)22(36(28)31)15-27(37)32-16-18-8-4-7-11-23(18)40-2/h4-14,22,26H,3,15-17H2,1-2H3,(H,32,37)(H,33,39). The van der Waals surface area contributed by atoms with Gasteiger partial charge in [-0.15, -0.1) is 0 Å². The van der Waals surface area contributed by atoms with Crippen LogP contribution in [-0.2, 0) is 20.9 Å². The van der Waals surface area contributed by atoms with Crippen LogP contribution in [0.15, 0.2) is 76.7 Å². The number of fused-ring (bicyclic) bond motifs is 4. The average molecular weight is 600 g/mol. The summed E-state index contributed by atoms with van der Waals surface area (Å²) in [5.41, 5.74) is 2.72. The number of carbonyl (C=O) groups excluding carboxylic acids is 3. The van der Waals surface area contributed by atoms with E-state index in [0.717, 1.165) is 5.56 Å². The van der Waals surface area contributed by atoms with Crippen molar-refractivity contribution in [3.63, 3.8) is 0 Å². The van der Waals surface area contributed by atoms with E-state index in [0.29, 0.717) is 51.6 Å². The summed E-state index contributed by atoms with van der Waals surface area (Å²) in [7, 11) is 1.57. The Bertz CT molecular complexity index is 1660. The van der Waals surface area contributed by atoms with Crippen LogP contribution in [0.1, 0.15) is 30.9 Å². The molecule has 3 aliphatic heterocycles. The molecule has 0 aliphatic carbocycles. The van der Waals surface area contributed by atoms with Gasteiger partial charge in [-0.2, -0.15) is 4.99 Å². The maximum atomic E-state index is 13.4. The van der Waals surface area contributed by atoms with E-state index in [4.69, 9.17) is 19.2 Å². The molecule has 0 bridgehead atoms. The fraction of sp³-hybridized carbons (Fsp3) is 0.258. The number of anilines is 1. The molecule has 11 nitrogen and oxygen atoms in total. The topological polar surface area (TPSA) is 131 Å².